The standard InChI is InChI=1S/C24H30IN3O3/c1-28-12-11-24(16-7-8-20(30-2)21(13-16)31-3)10-9-19(15-22(24)28)27-23(29)26-18-6-4-5-17(25)14-18/h4-8,13-14,19,22H,9-12,15H2,1-3H3,(H2,26,27,29). The van der Waals surface area contributed by atoms with Gasteiger partial charge in [-0.15, -0.1) is 0 Å². The third-order valence-electron chi connectivity index (χ3n) is 6.90. The number of likely N-dealkylation sites (tertiary alicyclic amines) is 1. The van der Waals surface area contributed by atoms with E-state index >= 15 is 0 Å². The Balaban J connectivity index is 1.48. The van der Waals surface area contributed by atoms with Crippen LogP contribution in [0.25, 0.3) is 0 Å². The zero-order valence-corrected chi connectivity index (χ0v) is 20.4. The average molecular weight is 535 g/mol. The van der Waals surface area contributed by atoms with Gasteiger partial charge in [0.2, 0.25) is 0 Å². The number of benzene rings is 2. The molecule has 6 nitrogen and oxygen atoms in total. The number of carbonyl (C=O) groups is 1. The summed E-state index contributed by atoms with van der Waals surface area (Å²) in [5.74, 6) is 1.54. The van der Waals surface area contributed by atoms with Crippen molar-refractivity contribution in [2.75, 3.05) is 33.1 Å². The van der Waals surface area contributed by atoms with E-state index in [1.807, 2.05) is 30.3 Å². The molecule has 7 heteroatoms. The number of amides is 2. The number of anilines is 1. The SMILES string of the molecule is COc1ccc(C23CCC(NC(=O)Nc4cccc(I)c4)CC2N(C)CC3)cc1OC. The van der Waals surface area contributed by atoms with E-state index in [-0.39, 0.29) is 17.5 Å². The van der Waals surface area contributed by atoms with Gasteiger partial charge in [0.25, 0.3) is 0 Å². The number of nitrogens with zero attached hydrogens (tertiary/aromatic N) is 1. The summed E-state index contributed by atoms with van der Waals surface area (Å²) < 4.78 is 12.1. The van der Waals surface area contributed by atoms with E-state index in [1.54, 1.807) is 14.2 Å². The van der Waals surface area contributed by atoms with Gasteiger partial charge in [0.15, 0.2) is 11.5 Å². The van der Waals surface area contributed by atoms with E-state index in [2.05, 4.69) is 57.3 Å². The number of methoxy groups -OCH3 is 2. The summed E-state index contributed by atoms with van der Waals surface area (Å²) in [5.41, 5.74) is 2.21. The fraction of sp³-hybridized carbons (Fsp3) is 0.458. The third kappa shape index (κ3) is 4.48. The summed E-state index contributed by atoms with van der Waals surface area (Å²) in [6.07, 6.45) is 4.04. The zero-order valence-electron chi connectivity index (χ0n) is 18.3. The summed E-state index contributed by atoms with van der Waals surface area (Å²) in [6, 6.07) is 14.6. The molecule has 2 aromatic rings. The first-order valence-electron chi connectivity index (χ1n) is 10.7. The van der Waals surface area contributed by atoms with Crippen LogP contribution in [0, 0.1) is 3.57 Å². The summed E-state index contributed by atoms with van der Waals surface area (Å²) in [7, 11) is 5.55. The van der Waals surface area contributed by atoms with Crippen molar-refractivity contribution in [3.05, 3.63) is 51.6 Å². The minimum atomic E-state index is -0.133. The molecule has 2 N–H and O–H groups in total. The molecule has 3 unspecified atom stereocenters. The predicted octanol–water partition coefficient (Wildman–Crippen LogP) is 4.62. The van der Waals surface area contributed by atoms with Gasteiger partial charge >= 0.3 is 6.03 Å². The Bertz CT molecular complexity index is 953. The molecular formula is C24H30IN3O3. The minimum Gasteiger partial charge on any atom is -0.493 e. The molecule has 2 aliphatic rings. The van der Waals surface area contributed by atoms with E-state index in [0.29, 0.717) is 6.04 Å². The molecule has 0 bridgehead atoms. The van der Waals surface area contributed by atoms with Crippen LogP contribution >= 0.6 is 22.6 Å². The molecule has 1 saturated heterocycles. The largest absolute Gasteiger partial charge is 0.493 e. The van der Waals surface area contributed by atoms with Gasteiger partial charge < -0.3 is 25.0 Å². The fourth-order valence-electron chi connectivity index (χ4n) is 5.31. The highest BCUT2D eigenvalue weighted by molar-refractivity contribution is 14.1. The van der Waals surface area contributed by atoms with Crippen molar-refractivity contribution in [1.82, 2.24) is 10.2 Å². The first kappa shape index (κ1) is 22.2. The number of hydrogen-bond donors (Lipinski definition) is 2. The lowest BCUT2D eigenvalue weighted by Crippen LogP contribution is -2.52. The van der Waals surface area contributed by atoms with E-state index in [9.17, 15) is 4.79 Å². The first-order valence-corrected chi connectivity index (χ1v) is 11.8. The fourth-order valence-corrected chi connectivity index (χ4v) is 5.86. The number of fused-ring (bicyclic) bond motifs is 1. The van der Waals surface area contributed by atoms with Gasteiger partial charge in [-0.1, -0.05) is 12.1 Å². The van der Waals surface area contributed by atoms with Crippen LogP contribution in [0.4, 0.5) is 10.5 Å². The maximum absolute atomic E-state index is 12.6. The van der Waals surface area contributed by atoms with Crippen LogP contribution in [0.1, 0.15) is 31.2 Å². The summed E-state index contributed by atoms with van der Waals surface area (Å²) in [6.45, 7) is 1.06. The Morgan fingerprint density at radius 2 is 1.94 bits per heavy atom. The molecule has 166 valence electrons. The topological polar surface area (TPSA) is 62.8 Å². The van der Waals surface area contributed by atoms with Crippen LogP contribution in [0.5, 0.6) is 11.5 Å². The Morgan fingerprint density at radius 3 is 2.68 bits per heavy atom. The Labute approximate surface area is 197 Å². The van der Waals surface area contributed by atoms with E-state index in [0.717, 1.165) is 53.0 Å². The number of ether oxygens (including phenoxy) is 2. The highest BCUT2D eigenvalue weighted by atomic mass is 127. The maximum atomic E-state index is 12.6. The van der Waals surface area contributed by atoms with Crippen molar-refractivity contribution < 1.29 is 14.3 Å². The summed E-state index contributed by atoms with van der Waals surface area (Å²) >= 11 is 2.25. The van der Waals surface area contributed by atoms with Crippen molar-refractivity contribution >= 4 is 34.3 Å². The molecule has 1 heterocycles. The average Bonchev–Trinajstić information content (AvgIpc) is 3.10. The van der Waals surface area contributed by atoms with Crippen LogP contribution in [0.2, 0.25) is 0 Å². The van der Waals surface area contributed by atoms with Gasteiger partial charge in [0.05, 0.1) is 14.2 Å². The van der Waals surface area contributed by atoms with Gasteiger partial charge in [-0.05, 0) is 97.8 Å². The molecule has 3 atom stereocenters. The van der Waals surface area contributed by atoms with Crippen molar-refractivity contribution in [2.45, 2.75) is 43.2 Å². The molecule has 31 heavy (non-hydrogen) atoms. The number of urea groups is 1. The zero-order chi connectivity index (χ0) is 22.0. The van der Waals surface area contributed by atoms with Gasteiger partial charge in [0.1, 0.15) is 0 Å². The van der Waals surface area contributed by atoms with Crippen LogP contribution in [-0.4, -0.2) is 50.8 Å². The molecule has 1 aliphatic carbocycles. The third-order valence-corrected chi connectivity index (χ3v) is 7.57. The lowest BCUT2D eigenvalue weighted by Gasteiger charge is -2.45. The van der Waals surface area contributed by atoms with E-state index < -0.39 is 0 Å². The second-order valence-corrected chi connectivity index (χ2v) is 9.80. The molecule has 0 aromatic heterocycles. The maximum Gasteiger partial charge on any atom is 0.319 e. The number of likely N-dealkylation sites (N-methyl/N-ethyl adjacent to an activating group) is 1. The molecule has 2 amide bonds. The highest BCUT2D eigenvalue weighted by Crippen LogP contribution is 2.49. The number of halogens is 1. The van der Waals surface area contributed by atoms with Gasteiger partial charge in [0, 0.05) is 26.8 Å². The predicted molar refractivity (Wildman–Crippen MR) is 131 cm³/mol. The van der Waals surface area contributed by atoms with Crippen molar-refractivity contribution in [1.29, 1.82) is 0 Å². The lowest BCUT2D eigenvalue weighted by atomic mass is 9.65. The van der Waals surface area contributed by atoms with Gasteiger partial charge in [-0.3, -0.25) is 0 Å². The number of carbonyl (C=O) groups excluding carboxylic acids is 1. The number of nitrogens with one attached hydrogen (secondary N) is 2. The van der Waals surface area contributed by atoms with Crippen LogP contribution < -0.4 is 20.1 Å². The molecular weight excluding hydrogens is 505 g/mol. The monoisotopic (exact) mass is 535 g/mol. The van der Waals surface area contributed by atoms with Gasteiger partial charge in [-0.2, -0.15) is 0 Å². The van der Waals surface area contributed by atoms with Crippen LogP contribution in [0.15, 0.2) is 42.5 Å². The number of hydrogen-bond acceptors (Lipinski definition) is 4. The second kappa shape index (κ2) is 9.24. The second-order valence-electron chi connectivity index (χ2n) is 8.55. The lowest BCUT2D eigenvalue weighted by molar-refractivity contribution is 0.156. The quantitative estimate of drug-likeness (QED) is 0.549. The smallest absolute Gasteiger partial charge is 0.319 e. The molecule has 0 spiro atoms. The molecule has 1 saturated carbocycles. The minimum absolute atomic E-state index is 0.0818. The molecule has 0 radical (unpaired) electrons. The molecule has 4 rings (SSSR count). The van der Waals surface area contributed by atoms with Crippen LogP contribution in [0.3, 0.4) is 0 Å². The first-order chi connectivity index (χ1) is 14.9. The Hall–Kier alpha value is -2.00. The summed E-state index contributed by atoms with van der Waals surface area (Å²) in [5, 5.41) is 6.18. The van der Waals surface area contributed by atoms with Crippen molar-refractivity contribution in [2.24, 2.45) is 0 Å². The highest BCUT2D eigenvalue weighted by Gasteiger charge is 2.50. The normalized spacial score (nSPS) is 25.5. The van der Waals surface area contributed by atoms with Gasteiger partial charge in [-0.25, -0.2) is 4.79 Å². The Kier molecular flexibility index (Phi) is 6.62. The summed E-state index contributed by atoms with van der Waals surface area (Å²) in [4.78, 5) is 15.0. The molecule has 2 aromatic carbocycles. The van der Waals surface area contributed by atoms with E-state index in [4.69, 9.17) is 9.47 Å². The van der Waals surface area contributed by atoms with Crippen molar-refractivity contribution in [3.63, 3.8) is 0 Å². The van der Waals surface area contributed by atoms with E-state index in [1.165, 1.54) is 5.56 Å². The molecule has 1 aliphatic heterocycles. The van der Waals surface area contributed by atoms with Crippen molar-refractivity contribution in [3.8, 4) is 11.5 Å². The van der Waals surface area contributed by atoms with Crippen LogP contribution in [-0.2, 0) is 5.41 Å². The number of rotatable bonds is 5. The molecule has 2 fully saturated rings. The Morgan fingerprint density at radius 1 is 1.13 bits per heavy atom.